The number of carboxylic acid groups (broad SMARTS) is 1. The topological polar surface area (TPSA) is 50.2 Å². The molecule has 76 valence electrons. The van der Waals surface area contributed by atoms with E-state index in [-0.39, 0.29) is 0 Å². The fourth-order valence-corrected chi connectivity index (χ4v) is 1.12. The van der Waals surface area contributed by atoms with Crippen LogP contribution in [0.25, 0.3) is 0 Å². The number of hydrogen-bond acceptors (Lipinski definition) is 2. The molecular formula is C7H3ClF3NO2. The van der Waals surface area contributed by atoms with Crippen LogP contribution >= 0.6 is 11.6 Å². The van der Waals surface area contributed by atoms with Gasteiger partial charge in [0, 0.05) is 6.20 Å². The number of aromatic nitrogens is 1. The van der Waals surface area contributed by atoms with Crippen molar-refractivity contribution in [3.05, 3.63) is 28.3 Å². The van der Waals surface area contributed by atoms with Crippen molar-refractivity contribution >= 4 is 17.6 Å². The van der Waals surface area contributed by atoms with E-state index >= 15 is 0 Å². The summed E-state index contributed by atoms with van der Waals surface area (Å²) in [6, 6.07) is 0. The van der Waals surface area contributed by atoms with Crippen LogP contribution in [0.15, 0.2) is 6.20 Å². The lowest BCUT2D eigenvalue weighted by molar-refractivity contribution is 0.0677. The fourth-order valence-electron chi connectivity index (χ4n) is 0.895. The van der Waals surface area contributed by atoms with Crippen molar-refractivity contribution in [3.63, 3.8) is 0 Å². The quantitative estimate of drug-likeness (QED) is 0.787. The smallest absolute Gasteiger partial charge is 0.340 e. The van der Waals surface area contributed by atoms with E-state index in [0.29, 0.717) is 6.20 Å². The zero-order chi connectivity index (χ0) is 10.9. The van der Waals surface area contributed by atoms with Crippen LogP contribution < -0.4 is 0 Å². The second-order valence-electron chi connectivity index (χ2n) is 2.29. The SMILES string of the molecule is O=C(O)c1c(F)ncc(Cl)c1C(F)F. The molecule has 0 aliphatic heterocycles. The summed E-state index contributed by atoms with van der Waals surface area (Å²) >= 11 is 5.27. The van der Waals surface area contributed by atoms with Crippen LogP contribution in [0.3, 0.4) is 0 Å². The Labute approximate surface area is 81.1 Å². The maximum Gasteiger partial charge on any atom is 0.340 e. The number of carboxylic acids is 1. The molecule has 0 atom stereocenters. The highest BCUT2D eigenvalue weighted by molar-refractivity contribution is 6.31. The molecule has 1 aromatic heterocycles. The fraction of sp³-hybridized carbons (Fsp3) is 0.143. The molecule has 0 bridgehead atoms. The van der Waals surface area contributed by atoms with Crippen LogP contribution in [-0.4, -0.2) is 16.1 Å². The monoisotopic (exact) mass is 225 g/mol. The Morgan fingerprint density at radius 2 is 2.14 bits per heavy atom. The summed E-state index contributed by atoms with van der Waals surface area (Å²) in [5.74, 6) is -3.30. The zero-order valence-electron chi connectivity index (χ0n) is 6.47. The van der Waals surface area contributed by atoms with Crippen LogP contribution in [0, 0.1) is 5.95 Å². The van der Waals surface area contributed by atoms with Crippen molar-refractivity contribution in [3.8, 4) is 0 Å². The number of carbonyl (C=O) groups is 1. The molecule has 1 aromatic rings. The van der Waals surface area contributed by atoms with Crippen molar-refractivity contribution < 1.29 is 23.1 Å². The summed E-state index contributed by atoms with van der Waals surface area (Å²) < 4.78 is 37.3. The van der Waals surface area contributed by atoms with Gasteiger partial charge in [0.15, 0.2) is 0 Å². The molecule has 1 N–H and O–H groups in total. The standard InChI is InChI=1S/C7H3ClF3NO2/c8-2-1-12-6(11)4(7(13)14)3(2)5(9)10/h1,5H,(H,13,14). The second kappa shape index (κ2) is 3.83. The van der Waals surface area contributed by atoms with Crippen LogP contribution in [0.5, 0.6) is 0 Å². The first-order valence-electron chi connectivity index (χ1n) is 3.30. The summed E-state index contributed by atoms with van der Waals surface area (Å²) in [4.78, 5) is 13.4. The third-order valence-electron chi connectivity index (χ3n) is 1.46. The Kier molecular flexibility index (Phi) is 2.95. The average Bonchev–Trinajstić information content (AvgIpc) is 2.07. The first-order chi connectivity index (χ1) is 6.45. The van der Waals surface area contributed by atoms with Crippen LogP contribution in [0.2, 0.25) is 5.02 Å². The van der Waals surface area contributed by atoms with Gasteiger partial charge in [-0.1, -0.05) is 11.6 Å². The number of rotatable bonds is 2. The first-order valence-corrected chi connectivity index (χ1v) is 3.68. The van der Waals surface area contributed by atoms with Crippen molar-refractivity contribution in [2.75, 3.05) is 0 Å². The lowest BCUT2D eigenvalue weighted by Gasteiger charge is -2.06. The molecule has 3 nitrogen and oxygen atoms in total. The van der Waals surface area contributed by atoms with Gasteiger partial charge >= 0.3 is 5.97 Å². The Morgan fingerprint density at radius 3 is 2.50 bits per heavy atom. The molecule has 0 saturated carbocycles. The predicted octanol–water partition coefficient (Wildman–Crippen LogP) is 2.51. The van der Waals surface area contributed by atoms with Gasteiger partial charge in [-0.15, -0.1) is 0 Å². The minimum atomic E-state index is -3.16. The molecule has 1 heterocycles. The molecular weight excluding hydrogens is 223 g/mol. The molecule has 14 heavy (non-hydrogen) atoms. The molecule has 0 saturated heterocycles. The molecule has 0 unspecified atom stereocenters. The van der Waals surface area contributed by atoms with Gasteiger partial charge < -0.3 is 5.11 Å². The lowest BCUT2D eigenvalue weighted by atomic mass is 10.1. The highest BCUT2D eigenvalue weighted by atomic mass is 35.5. The van der Waals surface area contributed by atoms with Crippen molar-refractivity contribution in [1.82, 2.24) is 4.98 Å². The number of hydrogen-bond donors (Lipinski definition) is 1. The van der Waals surface area contributed by atoms with E-state index in [1.807, 2.05) is 0 Å². The van der Waals surface area contributed by atoms with Crippen LogP contribution in [0.1, 0.15) is 22.3 Å². The van der Waals surface area contributed by atoms with Gasteiger partial charge in [0.2, 0.25) is 5.95 Å². The van der Waals surface area contributed by atoms with E-state index in [4.69, 9.17) is 16.7 Å². The molecule has 0 spiro atoms. The molecule has 0 radical (unpaired) electrons. The lowest BCUT2D eigenvalue weighted by Crippen LogP contribution is -2.08. The van der Waals surface area contributed by atoms with Gasteiger partial charge in [0.1, 0.15) is 5.56 Å². The van der Waals surface area contributed by atoms with E-state index in [1.54, 1.807) is 0 Å². The van der Waals surface area contributed by atoms with Gasteiger partial charge in [0.25, 0.3) is 6.43 Å². The molecule has 7 heteroatoms. The van der Waals surface area contributed by atoms with E-state index in [1.165, 1.54) is 0 Å². The summed E-state index contributed by atoms with van der Waals surface area (Å²) in [5.41, 5.74) is -2.24. The number of halogens is 4. The van der Waals surface area contributed by atoms with Gasteiger partial charge in [-0.2, -0.15) is 4.39 Å². The molecule has 0 amide bonds. The minimum absolute atomic E-state index is 0.571. The van der Waals surface area contributed by atoms with Crippen molar-refractivity contribution in [2.24, 2.45) is 0 Å². The molecule has 0 aromatic carbocycles. The Hall–Kier alpha value is -1.30. The number of nitrogens with zero attached hydrogens (tertiary/aromatic N) is 1. The van der Waals surface area contributed by atoms with Gasteiger partial charge in [0.05, 0.1) is 10.6 Å². The van der Waals surface area contributed by atoms with Gasteiger partial charge in [-0.05, 0) is 0 Å². The van der Waals surface area contributed by atoms with Crippen LogP contribution in [0.4, 0.5) is 13.2 Å². The summed E-state index contributed by atoms with van der Waals surface area (Å²) in [5, 5.41) is 7.88. The maximum atomic E-state index is 12.8. The third-order valence-corrected chi connectivity index (χ3v) is 1.76. The Morgan fingerprint density at radius 1 is 1.57 bits per heavy atom. The Balaban J connectivity index is 3.50. The van der Waals surface area contributed by atoms with Crippen molar-refractivity contribution in [2.45, 2.75) is 6.43 Å². The average molecular weight is 226 g/mol. The predicted molar refractivity (Wildman–Crippen MR) is 41.1 cm³/mol. The normalized spacial score (nSPS) is 10.6. The highest BCUT2D eigenvalue weighted by Crippen LogP contribution is 2.30. The molecule has 0 fully saturated rings. The van der Waals surface area contributed by atoms with E-state index in [2.05, 4.69) is 4.98 Å². The first kappa shape index (κ1) is 10.8. The minimum Gasteiger partial charge on any atom is -0.478 e. The number of alkyl halides is 2. The summed E-state index contributed by atoms with van der Waals surface area (Å²) in [6.45, 7) is 0. The number of aromatic carboxylic acids is 1. The maximum absolute atomic E-state index is 12.8. The van der Waals surface area contributed by atoms with Crippen LogP contribution in [-0.2, 0) is 0 Å². The number of pyridine rings is 1. The summed E-state index contributed by atoms with van der Waals surface area (Å²) in [7, 11) is 0. The van der Waals surface area contributed by atoms with Gasteiger partial charge in [-0.3, -0.25) is 0 Å². The highest BCUT2D eigenvalue weighted by Gasteiger charge is 2.26. The molecule has 0 aliphatic carbocycles. The summed E-state index contributed by atoms with van der Waals surface area (Å²) in [6.07, 6.45) is -2.52. The Bertz CT molecular complexity index is 383. The van der Waals surface area contributed by atoms with Gasteiger partial charge in [-0.25, -0.2) is 18.6 Å². The second-order valence-corrected chi connectivity index (χ2v) is 2.70. The van der Waals surface area contributed by atoms with E-state index in [9.17, 15) is 18.0 Å². The van der Waals surface area contributed by atoms with Crippen molar-refractivity contribution in [1.29, 1.82) is 0 Å². The zero-order valence-corrected chi connectivity index (χ0v) is 7.23. The van der Waals surface area contributed by atoms with E-state index < -0.39 is 34.5 Å². The third kappa shape index (κ3) is 1.79. The largest absolute Gasteiger partial charge is 0.478 e. The van der Waals surface area contributed by atoms with E-state index in [0.717, 1.165) is 0 Å². The molecule has 1 rings (SSSR count). The molecule has 0 aliphatic rings.